The molecule has 1 nitrogen and oxygen atoms in total. The second-order valence-electron chi connectivity index (χ2n) is 4.07. The molecule has 0 spiro atoms. The molecule has 88 valence electrons. The zero-order chi connectivity index (χ0) is 12.4. The largest absolute Gasteiger partial charge is 0.464 e. The van der Waals surface area contributed by atoms with Gasteiger partial charge in [-0.25, -0.2) is 0 Å². The smallest absolute Gasteiger partial charge is 0.133 e. The summed E-state index contributed by atoms with van der Waals surface area (Å²) in [6.07, 6.45) is 1.71. The number of hydrogen-bond acceptors (Lipinski definition) is 1. The first-order valence-electron chi connectivity index (χ1n) is 5.73. The van der Waals surface area contributed by atoms with Crippen molar-refractivity contribution >= 4 is 22.6 Å². The first-order valence-corrected chi connectivity index (χ1v) is 6.81. The van der Waals surface area contributed by atoms with Crippen LogP contribution >= 0.6 is 22.6 Å². The second-order valence-corrected chi connectivity index (χ2v) is 5.32. The van der Waals surface area contributed by atoms with E-state index in [-0.39, 0.29) is 0 Å². The Morgan fingerprint density at radius 2 is 1.50 bits per heavy atom. The fraction of sp³-hybridized carbons (Fsp3) is 0. The van der Waals surface area contributed by atoms with Gasteiger partial charge >= 0.3 is 0 Å². The van der Waals surface area contributed by atoms with Crippen molar-refractivity contribution in [2.24, 2.45) is 0 Å². The van der Waals surface area contributed by atoms with E-state index in [1.807, 2.05) is 18.2 Å². The van der Waals surface area contributed by atoms with Crippen molar-refractivity contribution in [2.75, 3.05) is 0 Å². The SMILES string of the molecule is Ic1cc(-c2ccccc2)cc(-c2ccco2)c1. The van der Waals surface area contributed by atoms with Gasteiger partial charge in [0.1, 0.15) is 5.76 Å². The van der Waals surface area contributed by atoms with Crippen LogP contribution in [0.4, 0.5) is 0 Å². The van der Waals surface area contributed by atoms with Crippen LogP contribution in [0.1, 0.15) is 0 Å². The highest BCUT2D eigenvalue weighted by Crippen LogP contribution is 2.29. The summed E-state index contributed by atoms with van der Waals surface area (Å²) in [5, 5.41) is 0. The minimum atomic E-state index is 0.908. The highest BCUT2D eigenvalue weighted by molar-refractivity contribution is 14.1. The lowest BCUT2D eigenvalue weighted by atomic mass is 10.0. The van der Waals surface area contributed by atoms with Gasteiger partial charge in [0.05, 0.1) is 6.26 Å². The molecule has 0 radical (unpaired) electrons. The molecule has 3 aromatic rings. The standard InChI is InChI=1S/C16H11IO/c17-15-10-13(12-5-2-1-3-6-12)9-14(11-15)16-7-4-8-18-16/h1-11H. The molecule has 0 N–H and O–H groups in total. The topological polar surface area (TPSA) is 13.1 Å². The molecule has 1 heterocycles. The summed E-state index contributed by atoms with van der Waals surface area (Å²) < 4.78 is 6.67. The zero-order valence-electron chi connectivity index (χ0n) is 9.64. The van der Waals surface area contributed by atoms with Gasteiger partial charge < -0.3 is 4.42 Å². The summed E-state index contributed by atoms with van der Waals surface area (Å²) in [7, 11) is 0. The Labute approximate surface area is 120 Å². The Balaban J connectivity index is 2.12. The van der Waals surface area contributed by atoms with E-state index in [2.05, 4.69) is 65.1 Å². The van der Waals surface area contributed by atoms with Gasteiger partial charge in [-0.3, -0.25) is 0 Å². The molecular weight excluding hydrogens is 335 g/mol. The van der Waals surface area contributed by atoms with Crippen LogP contribution in [0.25, 0.3) is 22.5 Å². The summed E-state index contributed by atoms with van der Waals surface area (Å²) in [5.74, 6) is 0.908. The molecule has 18 heavy (non-hydrogen) atoms. The monoisotopic (exact) mass is 346 g/mol. The Hall–Kier alpha value is -1.55. The Kier molecular flexibility index (Phi) is 3.19. The van der Waals surface area contributed by atoms with Crippen LogP contribution in [-0.4, -0.2) is 0 Å². The number of rotatable bonds is 2. The Morgan fingerprint density at radius 3 is 2.22 bits per heavy atom. The highest BCUT2D eigenvalue weighted by Gasteiger charge is 2.05. The summed E-state index contributed by atoms with van der Waals surface area (Å²) in [4.78, 5) is 0. The maximum atomic E-state index is 5.46. The number of hydrogen-bond donors (Lipinski definition) is 0. The van der Waals surface area contributed by atoms with Crippen LogP contribution in [0.15, 0.2) is 71.3 Å². The molecule has 1 aromatic heterocycles. The molecule has 0 aliphatic carbocycles. The first-order chi connectivity index (χ1) is 8.83. The Bertz CT molecular complexity index is 642. The molecule has 0 saturated carbocycles. The molecule has 0 amide bonds. The maximum absolute atomic E-state index is 5.46. The fourth-order valence-corrected chi connectivity index (χ4v) is 2.64. The molecule has 2 heteroatoms. The van der Waals surface area contributed by atoms with E-state index in [9.17, 15) is 0 Å². The van der Waals surface area contributed by atoms with Gasteiger partial charge in [-0.15, -0.1) is 0 Å². The number of halogens is 1. The summed E-state index contributed by atoms with van der Waals surface area (Å²) in [5.41, 5.74) is 3.56. The number of benzene rings is 2. The van der Waals surface area contributed by atoms with Crippen LogP contribution in [0.2, 0.25) is 0 Å². The molecule has 0 saturated heterocycles. The average molecular weight is 346 g/mol. The van der Waals surface area contributed by atoms with E-state index in [0.29, 0.717) is 0 Å². The lowest BCUT2D eigenvalue weighted by Gasteiger charge is -2.05. The lowest BCUT2D eigenvalue weighted by Crippen LogP contribution is -1.82. The molecule has 0 aliphatic rings. The van der Waals surface area contributed by atoms with Crippen molar-refractivity contribution in [3.05, 3.63) is 70.5 Å². The van der Waals surface area contributed by atoms with Crippen molar-refractivity contribution in [3.8, 4) is 22.5 Å². The summed E-state index contributed by atoms with van der Waals surface area (Å²) in [6.45, 7) is 0. The van der Waals surface area contributed by atoms with Crippen molar-refractivity contribution < 1.29 is 4.42 Å². The van der Waals surface area contributed by atoms with Gasteiger partial charge in [-0.2, -0.15) is 0 Å². The second kappa shape index (κ2) is 4.98. The van der Waals surface area contributed by atoms with Gasteiger partial charge in [0.25, 0.3) is 0 Å². The quantitative estimate of drug-likeness (QED) is 0.580. The normalized spacial score (nSPS) is 10.5. The fourth-order valence-electron chi connectivity index (χ4n) is 1.97. The van der Waals surface area contributed by atoms with Gasteiger partial charge in [0.15, 0.2) is 0 Å². The van der Waals surface area contributed by atoms with E-state index in [1.54, 1.807) is 6.26 Å². The Morgan fingerprint density at radius 1 is 0.722 bits per heavy atom. The van der Waals surface area contributed by atoms with Gasteiger partial charge in [0, 0.05) is 9.13 Å². The van der Waals surface area contributed by atoms with Crippen molar-refractivity contribution in [2.45, 2.75) is 0 Å². The molecule has 3 rings (SSSR count). The third kappa shape index (κ3) is 2.34. The van der Waals surface area contributed by atoms with Gasteiger partial charge in [-0.1, -0.05) is 30.3 Å². The van der Waals surface area contributed by atoms with Crippen LogP contribution in [-0.2, 0) is 0 Å². The van der Waals surface area contributed by atoms with Crippen molar-refractivity contribution in [1.82, 2.24) is 0 Å². The molecule has 2 aromatic carbocycles. The van der Waals surface area contributed by atoms with E-state index in [0.717, 1.165) is 11.3 Å². The zero-order valence-corrected chi connectivity index (χ0v) is 11.8. The summed E-state index contributed by atoms with van der Waals surface area (Å²) in [6, 6.07) is 20.8. The van der Waals surface area contributed by atoms with Crippen LogP contribution in [0.5, 0.6) is 0 Å². The van der Waals surface area contributed by atoms with Gasteiger partial charge in [-0.05, 0) is 64.0 Å². The third-order valence-corrected chi connectivity index (χ3v) is 3.43. The van der Waals surface area contributed by atoms with E-state index >= 15 is 0 Å². The van der Waals surface area contributed by atoms with E-state index in [1.165, 1.54) is 14.7 Å². The lowest BCUT2D eigenvalue weighted by molar-refractivity contribution is 0.582. The summed E-state index contributed by atoms with van der Waals surface area (Å²) >= 11 is 2.34. The van der Waals surface area contributed by atoms with E-state index < -0.39 is 0 Å². The molecular formula is C16H11IO. The molecule has 0 fully saturated rings. The maximum Gasteiger partial charge on any atom is 0.133 e. The minimum absolute atomic E-state index is 0.908. The molecule has 0 bridgehead atoms. The third-order valence-electron chi connectivity index (χ3n) is 2.81. The predicted octanol–water partition coefficient (Wildman–Crippen LogP) is 5.22. The van der Waals surface area contributed by atoms with Crippen LogP contribution in [0.3, 0.4) is 0 Å². The van der Waals surface area contributed by atoms with Gasteiger partial charge in [0.2, 0.25) is 0 Å². The highest BCUT2D eigenvalue weighted by atomic mass is 127. The minimum Gasteiger partial charge on any atom is -0.464 e. The molecule has 0 unspecified atom stereocenters. The molecule has 0 aliphatic heterocycles. The predicted molar refractivity (Wildman–Crippen MR) is 82.3 cm³/mol. The van der Waals surface area contributed by atoms with Crippen LogP contribution in [0, 0.1) is 3.57 Å². The van der Waals surface area contributed by atoms with Crippen molar-refractivity contribution in [3.63, 3.8) is 0 Å². The first kappa shape index (κ1) is 11.5. The number of furan rings is 1. The van der Waals surface area contributed by atoms with Crippen molar-refractivity contribution in [1.29, 1.82) is 0 Å². The average Bonchev–Trinajstić information content (AvgIpc) is 2.93. The molecule has 0 atom stereocenters. The van der Waals surface area contributed by atoms with E-state index in [4.69, 9.17) is 4.42 Å². The van der Waals surface area contributed by atoms with Crippen LogP contribution < -0.4 is 0 Å².